The molecule has 10 heteroatoms. The van der Waals surface area contributed by atoms with Gasteiger partial charge in [-0.3, -0.25) is 4.79 Å². The third-order valence-electron chi connectivity index (χ3n) is 6.11. The first-order valence-electron chi connectivity index (χ1n) is 12.6. The van der Waals surface area contributed by atoms with Crippen molar-refractivity contribution in [3.63, 3.8) is 0 Å². The van der Waals surface area contributed by atoms with Gasteiger partial charge in [-0.05, 0) is 68.8 Å². The number of hydrogen-bond donors (Lipinski definition) is 3. The number of amides is 1. The van der Waals surface area contributed by atoms with Crippen LogP contribution in [0, 0.1) is 19.7 Å². The van der Waals surface area contributed by atoms with Crippen LogP contribution in [0.5, 0.6) is 17.2 Å². The quantitative estimate of drug-likeness (QED) is 0.191. The van der Waals surface area contributed by atoms with Gasteiger partial charge in [0.2, 0.25) is 0 Å². The molecular weight excluding hydrogens is 547 g/mol. The van der Waals surface area contributed by atoms with Gasteiger partial charge in [0.15, 0.2) is 15.6 Å². The standard InChI is InChI=1S/C30H29FN2O5S.CH2O/c1-4-29(39(36,37)24-15-7-20(3)8-16-24)32-26-17-27(34)25(33-30(35)21-9-11-22(31)12-10-21)18-28(26)38-23-13-5-19(2)6-14-23;1-2/h5-18,29,32,34H,4H2,1-3H3,(H,33,35);1H2. The van der Waals surface area contributed by atoms with E-state index in [1.54, 1.807) is 43.3 Å². The lowest BCUT2D eigenvalue weighted by atomic mass is 10.2. The van der Waals surface area contributed by atoms with Gasteiger partial charge in [0, 0.05) is 17.7 Å². The lowest BCUT2D eigenvalue weighted by molar-refractivity contribution is -0.0980. The van der Waals surface area contributed by atoms with E-state index >= 15 is 0 Å². The number of halogens is 1. The number of phenolic OH excluding ortho intramolecular Hbond substituents is 1. The molecule has 214 valence electrons. The Labute approximate surface area is 238 Å². The number of nitrogens with one attached hydrogen (secondary N) is 2. The van der Waals surface area contributed by atoms with Crippen molar-refractivity contribution < 1.29 is 32.2 Å². The third-order valence-corrected chi connectivity index (χ3v) is 8.24. The first kappa shape index (κ1) is 30.8. The van der Waals surface area contributed by atoms with E-state index < -0.39 is 26.9 Å². The summed E-state index contributed by atoms with van der Waals surface area (Å²) in [5.74, 6) is -0.708. The molecule has 0 bridgehead atoms. The number of ether oxygens (including phenoxy) is 1. The van der Waals surface area contributed by atoms with Gasteiger partial charge in [0.05, 0.1) is 16.3 Å². The topological polar surface area (TPSA) is 122 Å². The zero-order valence-corrected chi connectivity index (χ0v) is 23.7. The van der Waals surface area contributed by atoms with Crippen LogP contribution in [-0.2, 0) is 14.6 Å². The van der Waals surface area contributed by atoms with Crippen LogP contribution in [0.15, 0.2) is 89.8 Å². The zero-order valence-electron chi connectivity index (χ0n) is 22.8. The second kappa shape index (κ2) is 13.6. The molecule has 0 aromatic heterocycles. The molecule has 3 N–H and O–H groups in total. The number of phenols is 1. The summed E-state index contributed by atoms with van der Waals surface area (Å²) in [7, 11) is -3.79. The number of anilines is 2. The van der Waals surface area contributed by atoms with E-state index in [2.05, 4.69) is 10.6 Å². The Balaban J connectivity index is 0.00000226. The van der Waals surface area contributed by atoms with Crippen LogP contribution >= 0.6 is 0 Å². The summed E-state index contributed by atoms with van der Waals surface area (Å²) in [6.07, 6.45) is 0.226. The van der Waals surface area contributed by atoms with E-state index in [4.69, 9.17) is 9.53 Å². The number of hydrogen-bond acceptors (Lipinski definition) is 7. The van der Waals surface area contributed by atoms with Crippen molar-refractivity contribution in [3.8, 4) is 17.2 Å². The highest BCUT2D eigenvalue weighted by Gasteiger charge is 2.27. The molecule has 4 rings (SSSR count). The minimum Gasteiger partial charge on any atom is -0.506 e. The third kappa shape index (κ3) is 7.70. The van der Waals surface area contributed by atoms with Crippen LogP contribution in [0.4, 0.5) is 15.8 Å². The minimum atomic E-state index is -3.79. The largest absolute Gasteiger partial charge is 0.506 e. The molecule has 0 aliphatic carbocycles. The molecule has 8 nitrogen and oxygen atoms in total. The van der Waals surface area contributed by atoms with Crippen LogP contribution in [0.3, 0.4) is 0 Å². The Hall–Kier alpha value is -4.70. The van der Waals surface area contributed by atoms with Crippen LogP contribution in [-0.4, -0.2) is 31.6 Å². The molecule has 41 heavy (non-hydrogen) atoms. The number of carbonyl (C=O) groups excluding carboxylic acids is 2. The van der Waals surface area contributed by atoms with Gasteiger partial charge in [-0.25, -0.2) is 12.8 Å². The lowest BCUT2D eigenvalue weighted by Gasteiger charge is -2.22. The average molecular weight is 579 g/mol. The summed E-state index contributed by atoms with van der Waals surface area (Å²) in [5.41, 5.74) is 2.40. The SMILES string of the molecule is C=O.CCC(Nc1cc(O)c(NC(=O)c2ccc(F)cc2)cc1Oc1ccc(C)cc1)S(=O)(=O)c1ccc(C)cc1. The van der Waals surface area contributed by atoms with E-state index in [0.29, 0.717) is 5.75 Å². The predicted octanol–water partition coefficient (Wildman–Crippen LogP) is 6.63. The summed E-state index contributed by atoms with van der Waals surface area (Å²) >= 11 is 0. The molecule has 0 radical (unpaired) electrons. The number of aromatic hydroxyl groups is 1. The molecular formula is C31H31FN2O6S. The van der Waals surface area contributed by atoms with Crippen molar-refractivity contribution in [2.24, 2.45) is 0 Å². The lowest BCUT2D eigenvalue weighted by Crippen LogP contribution is -2.29. The van der Waals surface area contributed by atoms with Crippen LogP contribution in [0.1, 0.15) is 34.8 Å². The molecule has 0 saturated carbocycles. The molecule has 4 aromatic rings. The highest BCUT2D eigenvalue weighted by molar-refractivity contribution is 7.92. The minimum absolute atomic E-state index is 0.0337. The molecule has 0 aliphatic rings. The predicted molar refractivity (Wildman–Crippen MR) is 157 cm³/mol. The molecule has 1 atom stereocenters. The Morgan fingerprint density at radius 1 is 0.902 bits per heavy atom. The summed E-state index contributed by atoms with van der Waals surface area (Å²) in [5, 5.41) is 15.4. The van der Waals surface area contributed by atoms with Crippen molar-refractivity contribution in [3.05, 3.63) is 107 Å². The van der Waals surface area contributed by atoms with Gasteiger partial charge in [-0.2, -0.15) is 0 Å². The van der Waals surface area contributed by atoms with Crippen LogP contribution < -0.4 is 15.4 Å². The smallest absolute Gasteiger partial charge is 0.255 e. The molecule has 0 saturated heterocycles. The van der Waals surface area contributed by atoms with Gasteiger partial charge in [0.1, 0.15) is 29.5 Å². The van der Waals surface area contributed by atoms with Gasteiger partial charge in [-0.15, -0.1) is 0 Å². The Kier molecular flexibility index (Phi) is 10.2. The fourth-order valence-corrected chi connectivity index (χ4v) is 5.42. The molecule has 0 spiro atoms. The summed E-state index contributed by atoms with van der Waals surface area (Å²) in [6.45, 7) is 7.54. The van der Waals surface area contributed by atoms with Gasteiger partial charge >= 0.3 is 0 Å². The van der Waals surface area contributed by atoms with E-state index in [-0.39, 0.29) is 39.8 Å². The summed E-state index contributed by atoms with van der Waals surface area (Å²) in [4.78, 5) is 20.9. The van der Waals surface area contributed by atoms with E-state index in [1.807, 2.05) is 32.8 Å². The summed E-state index contributed by atoms with van der Waals surface area (Å²) < 4.78 is 46.2. The normalized spacial score (nSPS) is 11.5. The highest BCUT2D eigenvalue weighted by atomic mass is 32.2. The molecule has 1 unspecified atom stereocenters. The molecule has 1 amide bonds. The van der Waals surface area contributed by atoms with Crippen molar-refractivity contribution in [2.45, 2.75) is 37.5 Å². The van der Waals surface area contributed by atoms with Crippen molar-refractivity contribution in [1.82, 2.24) is 0 Å². The van der Waals surface area contributed by atoms with E-state index in [1.165, 1.54) is 24.3 Å². The average Bonchev–Trinajstić information content (AvgIpc) is 2.96. The Morgan fingerprint density at radius 2 is 1.46 bits per heavy atom. The fourth-order valence-electron chi connectivity index (χ4n) is 3.86. The first-order chi connectivity index (χ1) is 19.6. The fraction of sp³-hybridized carbons (Fsp3) is 0.161. The first-order valence-corrected chi connectivity index (χ1v) is 14.2. The number of carbonyl (C=O) groups is 2. The number of aryl methyl sites for hydroxylation is 2. The van der Waals surface area contributed by atoms with Crippen LogP contribution in [0.25, 0.3) is 0 Å². The van der Waals surface area contributed by atoms with Crippen LogP contribution in [0.2, 0.25) is 0 Å². The van der Waals surface area contributed by atoms with E-state index in [9.17, 15) is 22.7 Å². The second-order valence-corrected chi connectivity index (χ2v) is 11.3. The van der Waals surface area contributed by atoms with Crippen molar-refractivity contribution >= 4 is 33.9 Å². The molecule has 0 heterocycles. The van der Waals surface area contributed by atoms with Crippen molar-refractivity contribution in [2.75, 3.05) is 10.6 Å². The highest BCUT2D eigenvalue weighted by Crippen LogP contribution is 2.39. The Bertz CT molecular complexity index is 1590. The molecule has 4 aromatic carbocycles. The van der Waals surface area contributed by atoms with E-state index in [0.717, 1.165) is 23.3 Å². The maximum atomic E-state index is 13.4. The van der Waals surface area contributed by atoms with Gasteiger partial charge < -0.3 is 25.3 Å². The Morgan fingerprint density at radius 3 is 2.02 bits per heavy atom. The second-order valence-electron chi connectivity index (χ2n) is 9.14. The molecule has 0 fully saturated rings. The maximum absolute atomic E-state index is 13.4. The maximum Gasteiger partial charge on any atom is 0.255 e. The monoisotopic (exact) mass is 578 g/mol. The summed E-state index contributed by atoms with van der Waals surface area (Å²) in [6, 6.07) is 21.5. The number of benzene rings is 4. The molecule has 0 aliphatic heterocycles. The van der Waals surface area contributed by atoms with Gasteiger partial charge in [-0.1, -0.05) is 42.3 Å². The van der Waals surface area contributed by atoms with Crippen molar-refractivity contribution in [1.29, 1.82) is 0 Å². The zero-order chi connectivity index (χ0) is 30.2. The number of sulfone groups is 1. The number of rotatable bonds is 9. The van der Waals surface area contributed by atoms with Gasteiger partial charge in [0.25, 0.3) is 5.91 Å².